The average Bonchev–Trinajstić information content (AvgIpc) is 3.42. The molecule has 2 aromatic carbocycles. The Morgan fingerprint density at radius 2 is 1.97 bits per heavy atom. The molecule has 11 nitrogen and oxygen atoms in total. The Morgan fingerprint density at radius 1 is 1.21 bits per heavy atom. The number of rotatable bonds is 7. The summed E-state index contributed by atoms with van der Waals surface area (Å²) in [6, 6.07) is 14.8. The van der Waals surface area contributed by atoms with Crippen molar-refractivity contribution in [1.82, 2.24) is 30.7 Å². The zero-order valence-corrected chi connectivity index (χ0v) is 18.4. The molecule has 1 amide bonds. The minimum Gasteiger partial charge on any atom is -0.489 e. The van der Waals surface area contributed by atoms with Gasteiger partial charge in [-0.1, -0.05) is 35.0 Å². The molecular formula is C21H19ClN8O3. The third kappa shape index (κ3) is 4.83. The number of aromatic nitrogens is 5. The predicted octanol–water partition coefficient (Wildman–Crippen LogP) is 2.93. The van der Waals surface area contributed by atoms with Gasteiger partial charge in [-0.05, 0) is 60.1 Å². The van der Waals surface area contributed by atoms with Crippen molar-refractivity contribution < 1.29 is 14.2 Å². The van der Waals surface area contributed by atoms with Crippen LogP contribution in [0.4, 0.5) is 5.82 Å². The number of nitrogens with one attached hydrogen (secondary N) is 1. The summed E-state index contributed by atoms with van der Waals surface area (Å²) in [5.74, 6) is 0.179. The highest BCUT2D eigenvalue weighted by Gasteiger charge is 2.22. The van der Waals surface area contributed by atoms with E-state index in [-0.39, 0.29) is 17.3 Å². The van der Waals surface area contributed by atoms with E-state index in [1.165, 1.54) is 0 Å². The van der Waals surface area contributed by atoms with E-state index < -0.39 is 5.91 Å². The Morgan fingerprint density at radius 3 is 2.67 bits per heavy atom. The van der Waals surface area contributed by atoms with Crippen LogP contribution in [0.25, 0.3) is 5.82 Å². The Balaban J connectivity index is 1.42. The van der Waals surface area contributed by atoms with Gasteiger partial charge < -0.3 is 10.5 Å². The molecule has 2 aromatic heterocycles. The minimum absolute atomic E-state index is 0.0227. The molecule has 0 fully saturated rings. The maximum atomic E-state index is 12.7. The van der Waals surface area contributed by atoms with Crippen molar-refractivity contribution in [2.75, 3.05) is 5.73 Å². The van der Waals surface area contributed by atoms with E-state index in [4.69, 9.17) is 22.1 Å². The molecule has 33 heavy (non-hydrogen) atoms. The molecule has 12 heteroatoms. The van der Waals surface area contributed by atoms with Gasteiger partial charge in [-0.2, -0.15) is 9.78 Å². The molecule has 0 aliphatic carbocycles. The number of nitrogens with zero attached hydrogens (tertiary/aromatic N) is 6. The SMILES string of the molecule is C/C(=N\NC(=O)c1c(C)nnn1-c1nonc1N)c1ccc(OCc2ccccc2Cl)cc1. The van der Waals surface area contributed by atoms with Gasteiger partial charge in [0.05, 0.1) is 11.4 Å². The van der Waals surface area contributed by atoms with Crippen molar-refractivity contribution in [3.8, 4) is 11.6 Å². The van der Waals surface area contributed by atoms with Crippen molar-refractivity contribution in [3.05, 3.63) is 76.1 Å². The van der Waals surface area contributed by atoms with E-state index >= 15 is 0 Å². The molecule has 168 valence electrons. The van der Waals surface area contributed by atoms with Gasteiger partial charge in [-0.15, -0.1) is 5.10 Å². The lowest BCUT2D eigenvalue weighted by molar-refractivity contribution is 0.0946. The molecule has 0 saturated heterocycles. The number of aryl methyl sites for hydroxylation is 1. The second-order valence-corrected chi connectivity index (χ2v) is 7.36. The third-order valence-corrected chi connectivity index (χ3v) is 5.07. The molecule has 4 rings (SSSR count). The van der Waals surface area contributed by atoms with Crippen molar-refractivity contribution >= 4 is 29.0 Å². The number of carbonyl (C=O) groups excluding carboxylic acids is 1. The number of hydrazone groups is 1. The summed E-state index contributed by atoms with van der Waals surface area (Å²) >= 11 is 6.15. The quantitative estimate of drug-likeness (QED) is 0.312. The zero-order valence-electron chi connectivity index (χ0n) is 17.7. The van der Waals surface area contributed by atoms with Crippen LogP contribution in [-0.4, -0.2) is 36.9 Å². The van der Waals surface area contributed by atoms with Gasteiger partial charge in [-0.25, -0.2) is 10.1 Å². The van der Waals surface area contributed by atoms with Crippen LogP contribution in [0.5, 0.6) is 5.75 Å². The molecule has 3 N–H and O–H groups in total. The normalized spacial score (nSPS) is 11.4. The standard InChI is InChI=1S/C21H19ClN8O3/c1-12(14-7-9-16(10-8-14)32-11-15-5-3-4-6-17(15)22)24-26-21(31)18-13(2)25-29-30(18)20-19(23)27-33-28-20/h3-10H,11H2,1-2H3,(H2,23,27)(H,26,31)/b24-12+. The highest BCUT2D eigenvalue weighted by atomic mass is 35.5. The van der Waals surface area contributed by atoms with E-state index in [1.54, 1.807) is 13.8 Å². The van der Waals surface area contributed by atoms with Crippen LogP contribution in [-0.2, 0) is 6.61 Å². The molecule has 2 heterocycles. The van der Waals surface area contributed by atoms with Crippen LogP contribution in [0.3, 0.4) is 0 Å². The van der Waals surface area contributed by atoms with Gasteiger partial charge in [0.1, 0.15) is 12.4 Å². The van der Waals surface area contributed by atoms with E-state index in [0.29, 0.717) is 28.8 Å². The molecule has 0 unspecified atom stereocenters. The van der Waals surface area contributed by atoms with Crippen molar-refractivity contribution in [2.45, 2.75) is 20.5 Å². The van der Waals surface area contributed by atoms with Crippen LogP contribution in [0.1, 0.15) is 34.2 Å². The number of hydrogen-bond donors (Lipinski definition) is 2. The van der Waals surface area contributed by atoms with Gasteiger partial charge in [-0.3, -0.25) is 4.79 Å². The fraction of sp³-hybridized carbons (Fsp3) is 0.143. The Kier molecular flexibility index (Phi) is 6.31. The highest BCUT2D eigenvalue weighted by molar-refractivity contribution is 6.31. The van der Waals surface area contributed by atoms with Gasteiger partial charge in [0.15, 0.2) is 5.69 Å². The summed E-state index contributed by atoms with van der Waals surface area (Å²) in [5, 5.41) is 19.7. The first-order chi connectivity index (χ1) is 15.9. The average molecular weight is 467 g/mol. The summed E-state index contributed by atoms with van der Waals surface area (Å²) in [6.07, 6.45) is 0. The second kappa shape index (κ2) is 9.49. The molecule has 0 atom stereocenters. The number of nitrogens with two attached hydrogens (primary N) is 1. The number of halogens is 1. The summed E-state index contributed by atoms with van der Waals surface area (Å²) in [4.78, 5) is 12.7. The third-order valence-electron chi connectivity index (χ3n) is 4.70. The topological polar surface area (TPSA) is 146 Å². The molecular weight excluding hydrogens is 448 g/mol. The summed E-state index contributed by atoms with van der Waals surface area (Å²) < 4.78 is 11.5. The summed E-state index contributed by atoms with van der Waals surface area (Å²) in [7, 11) is 0. The Hall–Kier alpha value is -4.25. The monoisotopic (exact) mass is 466 g/mol. The fourth-order valence-corrected chi connectivity index (χ4v) is 3.12. The molecule has 4 aromatic rings. The van der Waals surface area contributed by atoms with E-state index in [0.717, 1.165) is 15.8 Å². The van der Waals surface area contributed by atoms with Crippen molar-refractivity contribution in [2.24, 2.45) is 5.10 Å². The van der Waals surface area contributed by atoms with Gasteiger partial charge in [0, 0.05) is 10.6 Å². The van der Waals surface area contributed by atoms with Crippen molar-refractivity contribution in [1.29, 1.82) is 0 Å². The summed E-state index contributed by atoms with van der Waals surface area (Å²) in [6.45, 7) is 3.75. The molecule has 0 spiro atoms. The molecule has 0 saturated carbocycles. The lowest BCUT2D eigenvalue weighted by atomic mass is 10.1. The number of hydrogen-bond acceptors (Lipinski definition) is 9. The molecule has 0 radical (unpaired) electrons. The highest BCUT2D eigenvalue weighted by Crippen LogP contribution is 2.19. The van der Waals surface area contributed by atoms with Crippen LogP contribution < -0.4 is 15.9 Å². The Bertz CT molecular complexity index is 1310. The largest absolute Gasteiger partial charge is 0.489 e. The second-order valence-electron chi connectivity index (χ2n) is 6.95. The van der Waals surface area contributed by atoms with Gasteiger partial charge in [0.2, 0.25) is 11.6 Å². The number of nitrogen functional groups attached to an aromatic ring is 1. The maximum Gasteiger partial charge on any atom is 0.292 e. The zero-order chi connectivity index (χ0) is 23.4. The fourth-order valence-electron chi connectivity index (χ4n) is 2.92. The molecule has 0 aliphatic heterocycles. The summed E-state index contributed by atoms with van der Waals surface area (Å²) in [5.41, 5.74) is 10.9. The van der Waals surface area contributed by atoms with Crippen LogP contribution >= 0.6 is 11.6 Å². The van der Waals surface area contributed by atoms with E-state index in [2.05, 4.69) is 35.8 Å². The van der Waals surface area contributed by atoms with Crippen LogP contribution in [0, 0.1) is 6.92 Å². The van der Waals surface area contributed by atoms with Gasteiger partial charge in [0.25, 0.3) is 5.91 Å². The Labute approximate surface area is 193 Å². The maximum absolute atomic E-state index is 12.7. The van der Waals surface area contributed by atoms with Crippen LogP contribution in [0.15, 0.2) is 58.3 Å². The van der Waals surface area contributed by atoms with E-state index in [1.807, 2.05) is 48.5 Å². The lowest BCUT2D eigenvalue weighted by Gasteiger charge is -2.09. The first-order valence-corrected chi connectivity index (χ1v) is 10.1. The first-order valence-electron chi connectivity index (χ1n) is 9.76. The van der Waals surface area contributed by atoms with Crippen molar-refractivity contribution in [3.63, 3.8) is 0 Å². The number of benzene rings is 2. The number of amides is 1. The molecule has 0 bridgehead atoms. The smallest absolute Gasteiger partial charge is 0.292 e. The molecule has 0 aliphatic rings. The lowest BCUT2D eigenvalue weighted by Crippen LogP contribution is -2.24. The predicted molar refractivity (Wildman–Crippen MR) is 120 cm³/mol. The van der Waals surface area contributed by atoms with E-state index in [9.17, 15) is 4.79 Å². The number of carbonyl (C=O) groups is 1. The number of anilines is 1. The number of ether oxygens (including phenoxy) is 1. The first kappa shape index (κ1) is 22.0. The van der Waals surface area contributed by atoms with Crippen LogP contribution in [0.2, 0.25) is 5.02 Å². The minimum atomic E-state index is -0.543. The van der Waals surface area contributed by atoms with Gasteiger partial charge >= 0.3 is 0 Å².